The van der Waals surface area contributed by atoms with Crippen molar-refractivity contribution in [3.8, 4) is 0 Å². The lowest BCUT2D eigenvalue weighted by Gasteiger charge is -2.71. The minimum absolute atomic E-state index is 0.0153. The molecule has 5 fully saturated rings. The summed E-state index contributed by atoms with van der Waals surface area (Å²) in [5.74, 6) is -1.80. The molecule has 18 heteroatoms. The van der Waals surface area contributed by atoms with Gasteiger partial charge in [-0.2, -0.15) is 0 Å². The molecule has 394 valence electrons. The first-order valence-electron chi connectivity index (χ1n) is 24.5. The Morgan fingerprint density at radius 3 is 1.99 bits per heavy atom. The molecular formula is C51H82O18. The predicted octanol–water partition coefficient (Wildman–Crippen LogP) is 6.29. The van der Waals surface area contributed by atoms with E-state index in [9.17, 15) is 19.2 Å². The quantitative estimate of drug-likeness (QED) is 0.0434. The molecule has 69 heavy (non-hydrogen) atoms. The lowest BCUT2D eigenvalue weighted by molar-refractivity contribution is -0.366. The molecule has 0 aromatic carbocycles. The maximum atomic E-state index is 13.8. The maximum absolute atomic E-state index is 13.8. The van der Waals surface area contributed by atoms with Gasteiger partial charge in [0.05, 0.1) is 40.0 Å². The lowest BCUT2D eigenvalue weighted by Crippen LogP contribution is -2.67. The second kappa shape index (κ2) is 22.1. The summed E-state index contributed by atoms with van der Waals surface area (Å²) in [5.41, 5.74) is 0.533. The first-order valence-corrected chi connectivity index (χ1v) is 24.5. The standard InChI is InChI=1S/C51H82O18/c1-46(2)21-23-51(45(55)62-14)24-22-49(6)30(31(51)25-46)15-16-33-48(5)19-18-34(47(3,4)32(48)17-20-50(33,49)7)67-44-39(65-28-57-9)37(36(64-27-56-8)38(69-44)41(53)60-12)68-43(63-26-35(52)59-11)40(42(54)61-13)66-29-58-10/h15,31-34,36-40,43-44H,16-29H2,1-14H3/t31-,32?,33+,34-,36-,37-,38-,39+,40-,43-,44+,48-,49+,50+,51-/m0/s1. The van der Waals surface area contributed by atoms with Crippen LogP contribution in [0.5, 0.6) is 0 Å². The molecule has 0 spiro atoms. The highest BCUT2D eigenvalue weighted by Crippen LogP contribution is 2.76. The Hall–Kier alpha value is -2.78. The van der Waals surface area contributed by atoms with Crippen LogP contribution >= 0.6 is 0 Å². The van der Waals surface area contributed by atoms with Crippen LogP contribution in [0.4, 0.5) is 0 Å². The van der Waals surface area contributed by atoms with E-state index in [0.717, 1.165) is 64.9 Å². The van der Waals surface area contributed by atoms with Gasteiger partial charge in [0.1, 0.15) is 45.3 Å². The van der Waals surface area contributed by atoms with Crippen LogP contribution in [0, 0.1) is 50.2 Å². The summed E-state index contributed by atoms with van der Waals surface area (Å²) in [5, 5.41) is 0. The van der Waals surface area contributed by atoms with Crippen molar-refractivity contribution in [1.29, 1.82) is 0 Å². The molecule has 18 nitrogen and oxygen atoms in total. The van der Waals surface area contributed by atoms with Crippen molar-refractivity contribution in [3.05, 3.63) is 11.6 Å². The van der Waals surface area contributed by atoms with Gasteiger partial charge in [0.2, 0.25) is 6.10 Å². The Balaban J connectivity index is 1.34. The highest BCUT2D eigenvalue weighted by atomic mass is 16.8. The molecular weight excluding hydrogens is 901 g/mol. The van der Waals surface area contributed by atoms with Crippen LogP contribution < -0.4 is 0 Å². The van der Waals surface area contributed by atoms with Gasteiger partial charge in [0.25, 0.3) is 0 Å². The molecule has 0 bridgehead atoms. The van der Waals surface area contributed by atoms with E-state index in [2.05, 4.69) is 54.5 Å². The number of hydrogen-bond acceptors (Lipinski definition) is 18. The van der Waals surface area contributed by atoms with Crippen LogP contribution in [-0.2, 0) is 85.5 Å². The number of rotatable bonds is 20. The summed E-state index contributed by atoms with van der Waals surface area (Å²) in [6.45, 7) is 15.1. The highest BCUT2D eigenvalue weighted by molar-refractivity contribution is 5.79. The van der Waals surface area contributed by atoms with Crippen LogP contribution in [0.25, 0.3) is 0 Å². The largest absolute Gasteiger partial charge is 0.469 e. The number of esters is 4. The summed E-state index contributed by atoms with van der Waals surface area (Å²) < 4.78 is 80.9. The van der Waals surface area contributed by atoms with Gasteiger partial charge in [-0.25, -0.2) is 14.4 Å². The van der Waals surface area contributed by atoms with Crippen molar-refractivity contribution >= 4 is 23.9 Å². The van der Waals surface area contributed by atoms with Gasteiger partial charge in [-0.1, -0.05) is 60.1 Å². The fourth-order valence-electron chi connectivity index (χ4n) is 14.3. The van der Waals surface area contributed by atoms with Gasteiger partial charge in [-0.3, -0.25) is 4.79 Å². The first kappa shape index (κ1) is 55.5. The third kappa shape index (κ3) is 10.3. The molecule has 6 aliphatic rings. The highest BCUT2D eigenvalue weighted by Gasteiger charge is 2.70. The molecule has 1 aliphatic heterocycles. The number of ether oxygens (including phenoxy) is 14. The minimum atomic E-state index is -1.70. The molecule has 1 unspecified atom stereocenters. The van der Waals surface area contributed by atoms with Crippen LogP contribution in [0.2, 0.25) is 0 Å². The summed E-state index contributed by atoms with van der Waals surface area (Å²) in [7, 11) is 9.31. The third-order valence-corrected chi connectivity index (χ3v) is 18.1. The zero-order valence-corrected chi connectivity index (χ0v) is 43.7. The fraction of sp³-hybridized carbons (Fsp3) is 0.882. The van der Waals surface area contributed by atoms with Crippen molar-refractivity contribution in [2.45, 2.75) is 162 Å². The zero-order chi connectivity index (χ0) is 50.7. The topological polar surface area (TPSA) is 198 Å². The average molecular weight is 983 g/mol. The van der Waals surface area contributed by atoms with Gasteiger partial charge in [0.15, 0.2) is 18.7 Å². The lowest BCUT2D eigenvalue weighted by atomic mass is 9.33. The van der Waals surface area contributed by atoms with Crippen LogP contribution in [-0.4, -0.2) is 150 Å². The van der Waals surface area contributed by atoms with E-state index in [1.165, 1.54) is 41.1 Å². The molecule has 0 aromatic rings. The van der Waals surface area contributed by atoms with Crippen molar-refractivity contribution in [2.75, 3.05) is 76.8 Å². The smallest absolute Gasteiger partial charge is 0.340 e. The third-order valence-electron chi connectivity index (χ3n) is 18.1. The number of hydrogen-bond donors (Lipinski definition) is 0. The second-order valence-corrected chi connectivity index (χ2v) is 22.2. The van der Waals surface area contributed by atoms with Crippen LogP contribution in [0.1, 0.15) is 113 Å². The van der Waals surface area contributed by atoms with Crippen LogP contribution in [0.15, 0.2) is 11.6 Å². The molecule has 6 rings (SSSR count). The van der Waals surface area contributed by atoms with Gasteiger partial charge < -0.3 is 66.3 Å². The maximum Gasteiger partial charge on any atom is 0.340 e. The number of carbonyl (C=O) groups is 4. The first-order chi connectivity index (χ1) is 32.6. The van der Waals surface area contributed by atoms with E-state index >= 15 is 0 Å². The average Bonchev–Trinajstić information content (AvgIpc) is 3.32. The number of allylic oxidation sites excluding steroid dienone is 2. The molecule has 4 saturated carbocycles. The Bertz CT molecular complexity index is 1840. The van der Waals surface area contributed by atoms with E-state index in [0.29, 0.717) is 12.3 Å². The van der Waals surface area contributed by atoms with Crippen molar-refractivity contribution in [2.24, 2.45) is 50.2 Å². The van der Waals surface area contributed by atoms with Crippen LogP contribution in [0.3, 0.4) is 0 Å². The fourth-order valence-corrected chi connectivity index (χ4v) is 14.3. The Kier molecular flexibility index (Phi) is 17.8. The number of carbonyl (C=O) groups excluding carboxylic acids is 4. The van der Waals surface area contributed by atoms with E-state index in [4.69, 9.17) is 66.3 Å². The van der Waals surface area contributed by atoms with E-state index in [-0.39, 0.29) is 59.8 Å². The molecule has 1 heterocycles. The van der Waals surface area contributed by atoms with Gasteiger partial charge >= 0.3 is 23.9 Å². The molecule has 0 radical (unpaired) electrons. The second-order valence-electron chi connectivity index (χ2n) is 22.2. The summed E-state index contributed by atoms with van der Waals surface area (Å²) in [6.07, 6.45) is 1.22. The van der Waals surface area contributed by atoms with Gasteiger partial charge in [-0.05, 0) is 109 Å². The summed E-state index contributed by atoms with van der Waals surface area (Å²) >= 11 is 0. The Labute approximate surface area is 408 Å². The Morgan fingerprint density at radius 2 is 1.36 bits per heavy atom. The molecule has 5 aliphatic carbocycles. The summed E-state index contributed by atoms with van der Waals surface area (Å²) in [4.78, 5) is 53.3. The molecule has 0 amide bonds. The molecule has 1 saturated heterocycles. The van der Waals surface area contributed by atoms with Gasteiger partial charge in [0, 0.05) is 21.3 Å². The van der Waals surface area contributed by atoms with Crippen molar-refractivity contribution in [3.63, 3.8) is 0 Å². The van der Waals surface area contributed by atoms with Crippen molar-refractivity contribution in [1.82, 2.24) is 0 Å². The zero-order valence-electron chi connectivity index (χ0n) is 43.7. The molecule has 0 N–H and O–H groups in total. The SMILES string of the molecule is COCO[C@H]1[C@H](O[C@H]2CC[C@@]3(C)C(CC[C@]4(C)[C@@H]3CC=C3[C@@H]5CC(C)(C)CC[C@]5(C(=O)OC)CC[C@]34C)C2(C)C)O[C@H](C(=O)OC)[C@@H](OCOC)[C@@H]1O[C@H](OCC(=O)OC)[C@@H](OCOC)C(=O)OC. The summed E-state index contributed by atoms with van der Waals surface area (Å²) in [6, 6.07) is 0. The monoisotopic (exact) mass is 983 g/mol. The predicted molar refractivity (Wildman–Crippen MR) is 245 cm³/mol. The van der Waals surface area contributed by atoms with Crippen molar-refractivity contribution < 1.29 is 85.5 Å². The van der Waals surface area contributed by atoms with Gasteiger partial charge in [-0.15, -0.1) is 0 Å². The normalized spacial score (nSPS) is 38.6. The number of fused-ring (bicyclic) bond motifs is 7. The van der Waals surface area contributed by atoms with E-state index in [1.54, 1.807) is 7.11 Å². The molecule has 0 aromatic heterocycles. The van der Waals surface area contributed by atoms with E-state index < -0.39 is 84.5 Å². The van der Waals surface area contributed by atoms with E-state index in [1.807, 2.05) is 0 Å². The molecule has 15 atom stereocenters. The number of methoxy groups -OCH3 is 7. The Morgan fingerprint density at radius 1 is 0.696 bits per heavy atom. The minimum Gasteiger partial charge on any atom is -0.469 e.